The van der Waals surface area contributed by atoms with E-state index in [0.717, 1.165) is 24.1 Å². The first kappa shape index (κ1) is 20.8. The molecular weight excluding hydrogens is 364 g/mol. The molecule has 3 aromatic rings. The normalized spacial score (nSPS) is 17.8. The molecule has 0 saturated carbocycles. The minimum absolute atomic E-state index is 0.446. The van der Waals surface area contributed by atoms with Gasteiger partial charge in [0.25, 0.3) is 0 Å². The van der Waals surface area contributed by atoms with Gasteiger partial charge in [-0.05, 0) is 59.4 Å². The standard InChI is InChI=1S/C28H34N2/c1-6-10-20-15-22-17-21-11-7-8-14-25(21)29-27(22)26(16-20)30-28-23(18(2)3)12-9-13-24(28)19(4)5/h7-9,11-14,17-20H,6,10,15-16H2,1-5H3. The van der Waals surface area contributed by atoms with Crippen LogP contribution in [0.5, 0.6) is 0 Å². The third-order valence-electron chi connectivity index (χ3n) is 6.35. The average Bonchev–Trinajstić information content (AvgIpc) is 2.72. The second kappa shape index (κ2) is 8.71. The van der Waals surface area contributed by atoms with Gasteiger partial charge in [0.1, 0.15) is 0 Å². The number of para-hydroxylation sites is 2. The molecule has 1 atom stereocenters. The predicted molar refractivity (Wildman–Crippen MR) is 129 cm³/mol. The first-order valence-corrected chi connectivity index (χ1v) is 11.6. The first-order chi connectivity index (χ1) is 14.5. The molecule has 2 heteroatoms. The number of fused-ring (bicyclic) bond motifs is 2. The lowest BCUT2D eigenvalue weighted by Gasteiger charge is -2.26. The molecule has 4 rings (SSSR count). The van der Waals surface area contributed by atoms with Crippen LogP contribution in [0.25, 0.3) is 10.9 Å². The van der Waals surface area contributed by atoms with Crippen molar-refractivity contribution in [3.63, 3.8) is 0 Å². The zero-order valence-electron chi connectivity index (χ0n) is 19.1. The molecular formula is C28H34N2. The van der Waals surface area contributed by atoms with Crippen LogP contribution in [-0.2, 0) is 6.42 Å². The molecule has 2 nitrogen and oxygen atoms in total. The molecule has 1 aliphatic carbocycles. The number of aliphatic imine (C=N–C) groups is 1. The molecule has 0 bridgehead atoms. The van der Waals surface area contributed by atoms with E-state index in [-0.39, 0.29) is 0 Å². The topological polar surface area (TPSA) is 25.2 Å². The summed E-state index contributed by atoms with van der Waals surface area (Å²) in [5, 5.41) is 1.23. The summed E-state index contributed by atoms with van der Waals surface area (Å²) in [5.41, 5.74) is 8.59. The molecule has 0 amide bonds. The van der Waals surface area contributed by atoms with E-state index in [2.05, 4.69) is 83.1 Å². The number of hydrogen-bond donors (Lipinski definition) is 0. The van der Waals surface area contributed by atoms with E-state index in [1.807, 2.05) is 0 Å². The molecule has 0 N–H and O–H groups in total. The van der Waals surface area contributed by atoms with E-state index in [4.69, 9.17) is 9.98 Å². The van der Waals surface area contributed by atoms with E-state index in [9.17, 15) is 0 Å². The van der Waals surface area contributed by atoms with Gasteiger partial charge in [-0.15, -0.1) is 0 Å². The molecule has 0 radical (unpaired) electrons. The van der Waals surface area contributed by atoms with Gasteiger partial charge in [0.15, 0.2) is 0 Å². The van der Waals surface area contributed by atoms with Crippen molar-refractivity contribution in [1.29, 1.82) is 0 Å². The maximum atomic E-state index is 5.40. The van der Waals surface area contributed by atoms with Crippen molar-refractivity contribution >= 4 is 22.3 Å². The first-order valence-electron chi connectivity index (χ1n) is 11.6. The fourth-order valence-electron chi connectivity index (χ4n) is 4.81. The molecule has 0 fully saturated rings. The second-order valence-corrected chi connectivity index (χ2v) is 9.40. The molecule has 1 aliphatic rings. The van der Waals surface area contributed by atoms with Crippen LogP contribution in [0.15, 0.2) is 53.5 Å². The highest BCUT2D eigenvalue weighted by Crippen LogP contribution is 2.37. The highest BCUT2D eigenvalue weighted by molar-refractivity contribution is 6.04. The lowest BCUT2D eigenvalue weighted by atomic mass is 9.82. The van der Waals surface area contributed by atoms with Gasteiger partial charge in [0.05, 0.1) is 22.6 Å². The Labute approximate surface area is 181 Å². The Kier molecular flexibility index (Phi) is 6.04. The van der Waals surface area contributed by atoms with Crippen molar-refractivity contribution in [2.75, 3.05) is 0 Å². The van der Waals surface area contributed by atoms with Crippen molar-refractivity contribution in [2.24, 2.45) is 10.9 Å². The van der Waals surface area contributed by atoms with Crippen LogP contribution in [0.1, 0.15) is 88.1 Å². The lowest BCUT2D eigenvalue weighted by Crippen LogP contribution is -2.22. The van der Waals surface area contributed by atoms with E-state index >= 15 is 0 Å². The molecule has 2 aromatic carbocycles. The Hall–Kier alpha value is -2.48. The summed E-state index contributed by atoms with van der Waals surface area (Å²) in [7, 11) is 0. The van der Waals surface area contributed by atoms with Crippen LogP contribution in [0, 0.1) is 5.92 Å². The monoisotopic (exact) mass is 398 g/mol. The molecule has 30 heavy (non-hydrogen) atoms. The number of hydrogen-bond acceptors (Lipinski definition) is 2. The minimum Gasteiger partial charge on any atom is -0.251 e. The third-order valence-corrected chi connectivity index (χ3v) is 6.35. The van der Waals surface area contributed by atoms with Crippen molar-refractivity contribution in [3.8, 4) is 0 Å². The van der Waals surface area contributed by atoms with Gasteiger partial charge in [0, 0.05) is 5.39 Å². The number of benzene rings is 2. The van der Waals surface area contributed by atoms with Crippen molar-refractivity contribution in [2.45, 2.75) is 72.1 Å². The van der Waals surface area contributed by atoms with Crippen LogP contribution >= 0.6 is 0 Å². The average molecular weight is 399 g/mol. The number of pyridine rings is 1. The van der Waals surface area contributed by atoms with Crippen molar-refractivity contribution in [3.05, 3.63) is 70.9 Å². The van der Waals surface area contributed by atoms with E-state index in [1.165, 1.54) is 46.3 Å². The van der Waals surface area contributed by atoms with E-state index < -0.39 is 0 Å². The summed E-state index contributed by atoms with van der Waals surface area (Å²) < 4.78 is 0. The Morgan fingerprint density at radius 2 is 1.63 bits per heavy atom. The summed E-state index contributed by atoms with van der Waals surface area (Å²) in [6.45, 7) is 11.4. The van der Waals surface area contributed by atoms with Crippen LogP contribution in [-0.4, -0.2) is 10.7 Å². The van der Waals surface area contributed by atoms with Crippen molar-refractivity contribution in [1.82, 2.24) is 4.98 Å². The molecule has 156 valence electrons. The van der Waals surface area contributed by atoms with Gasteiger partial charge in [-0.3, -0.25) is 4.99 Å². The Morgan fingerprint density at radius 1 is 0.933 bits per heavy atom. The molecule has 0 spiro atoms. The predicted octanol–water partition coefficient (Wildman–Crippen LogP) is 7.96. The second-order valence-electron chi connectivity index (χ2n) is 9.40. The van der Waals surface area contributed by atoms with Crippen LogP contribution in [0.3, 0.4) is 0 Å². The fourth-order valence-corrected chi connectivity index (χ4v) is 4.81. The lowest BCUT2D eigenvalue weighted by molar-refractivity contribution is 0.484. The molecule has 0 saturated heterocycles. The SMILES string of the molecule is CCCC1CC(=Nc2c(C(C)C)cccc2C(C)C)c2nc3ccccc3cc2C1. The quantitative estimate of drug-likeness (QED) is 0.428. The molecule has 1 heterocycles. The van der Waals surface area contributed by atoms with Gasteiger partial charge in [0.2, 0.25) is 0 Å². The van der Waals surface area contributed by atoms with Gasteiger partial charge >= 0.3 is 0 Å². The molecule has 0 aliphatic heterocycles. The summed E-state index contributed by atoms with van der Waals surface area (Å²) >= 11 is 0. The number of rotatable bonds is 5. The van der Waals surface area contributed by atoms with Crippen LogP contribution < -0.4 is 0 Å². The summed E-state index contributed by atoms with van der Waals surface area (Å²) in [4.78, 5) is 10.5. The van der Waals surface area contributed by atoms with Crippen LogP contribution in [0.2, 0.25) is 0 Å². The third kappa shape index (κ3) is 4.05. The molecule has 1 unspecified atom stereocenters. The van der Waals surface area contributed by atoms with Gasteiger partial charge in [-0.2, -0.15) is 0 Å². The van der Waals surface area contributed by atoms with Gasteiger partial charge < -0.3 is 0 Å². The zero-order valence-corrected chi connectivity index (χ0v) is 19.1. The summed E-state index contributed by atoms with van der Waals surface area (Å²) in [6.07, 6.45) is 4.60. The highest BCUT2D eigenvalue weighted by atomic mass is 14.8. The van der Waals surface area contributed by atoms with E-state index in [1.54, 1.807) is 0 Å². The highest BCUT2D eigenvalue weighted by Gasteiger charge is 2.26. The largest absolute Gasteiger partial charge is 0.251 e. The van der Waals surface area contributed by atoms with Gasteiger partial charge in [-0.25, -0.2) is 4.98 Å². The Bertz CT molecular complexity index is 1050. The van der Waals surface area contributed by atoms with Crippen molar-refractivity contribution < 1.29 is 0 Å². The van der Waals surface area contributed by atoms with E-state index in [0.29, 0.717) is 17.8 Å². The maximum Gasteiger partial charge on any atom is 0.0884 e. The minimum atomic E-state index is 0.446. The summed E-state index contributed by atoms with van der Waals surface area (Å²) in [6, 6.07) is 17.5. The zero-order chi connectivity index (χ0) is 21.3. The fraction of sp³-hybridized carbons (Fsp3) is 0.429. The number of aromatic nitrogens is 1. The summed E-state index contributed by atoms with van der Waals surface area (Å²) in [5.74, 6) is 1.54. The Balaban J connectivity index is 1.92. The molecule has 1 aromatic heterocycles. The van der Waals surface area contributed by atoms with Crippen LogP contribution in [0.4, 0.5) is 5.69 Å². The maximum absolute atomic E-state index is 5.40. The Morgan fingerprint density at radius 3 is 2.30 bits per heavy atom. The number of nitrogens with zero attached hydrogens (tertiary/aromatic N) is 2. The van der Waals surface area contributed by atoms with Gasteiger partial charge in [-0.1, -0.05) is 83.9 Å². The smallest absolute Gasteiger partial charge is 0.0884 e.